The van der Waals surface area contributed by atoms with Crippen molar-refractivity contribution in [3.63, 3.8) is 0 Å². The van der Waals surface area contributed by atoms with Crippen molar-refractivity contribution >= 4 is 23.4 Å². The van der Waals surface area contributed by atoms with Gasteiger partial charge < -0.3 is 10.1 Å². The first-order valence-electron chi connectivity index (χ1n) is 6.81. The summed E-state index contributed by atoms with van der Waals surface area (Å²) in [5.41, 5.74) is 1.22. The van der Waals surface area contributed by atoms with Crippen LogP contribution in [0.4, 0.5) is 0 Å². The highest BCUT2D eigenvalue weighted by atomic mass is 35.5. The van der Waals surface area contributed by atoms with Crippen LogP contribution < -0.4 is 10.1 Å². The number of benzene rings is 1. The summed E-state index contributed by atoms with van der Waals surface area (Å²) in [6, 6.07) is 6.65. The van der Waals surface area contributed by atoms with E-state index in [0.717, 1.165) is 17.5 Å². The van der Waals surface area contributed by atoms with Crippen LogP contribution >= 0.6 is 23.4 Å². The van der Waals surface area contributed by atoms with Crippen molar-refractivity contribution in [1.29, 1.82) is 0 Å². The van der Waals surface area contributed by atoms with Gasteiger partial charge in [-0.3, -0.25) is 0 Å². The summed E-state index contributed by atoms with van der Waals surface area (Å²) in [5.74, 6) is 0.742. The minimum absolute atomic E-state index is 0.657. The van der Waals surface area contributed by atoms with Crippen LogP contribution in [-0.2, 0) is 6.54 Å². The van der Waals surface area contributed by atoms with Crippen molar-refractivity contribution in [2.45, 2.75) is 43.5 Å². The fourth-order valence-corrected chi connectivity index (χ4v) is 3.61. The highest BCUT2D eigenvalue weighted by Gasteiger charge is 2.19. The van der Waals surface area contributed by atoms with Crippen molar-refractivity contribution in [1.82, 2.24) is 5.32 Å². The van der Waals surface area contributed by atoms with Crippen molar-refractivity contribution in [2.24, 2.45) is 0 Å². The molecule has 0 atom stereocenters. The minimum Gasteiger partial charge on any atom is -0.495 e. The number of methoxy groups -OCH3 is 1. The summed E-state index contributed by atoms with van der Waals surface area (Å²) in [7, 11) is 1.64. The molecule has 2 nitrogen and oxygen atoms in total. The molecule has 1 saturated carbocycles. The molecule has 0 spiro atoms. The first kappa shape index (κ1) is 15.0. The van der Waals surface area contributed by atoms with Crippen molar-refractivity contribution in [2.75, 3.05) is 13.4 Å². The fraction of sp³-hybridized carbons (Fsp3) is 0.600. The van der Waals surface area contributed by atoms with Gasteiger partial charge in [0, 0.05) is 17.8 Å². The second-order valence-corrected chi connectivity index (χ2v) is 6.60. The molecular weight excluding hydrogens is 278 g/mol. The summed E-state index contributed by atoms with van der Waals surface area (Å²) in [5, 5.41) is 5.20. The summed E-state index contributed by atoms with van der Waals surface area (Å²) < 4.78 is 5.16. The normalized spacial score (nSPS) is 23.3. The second kappa shape index (κ2) is 7.41. The first-order valence-corrected chi connectivity index (χ1v) is 8.48. The van der Waals surface area contributed by atoms with Gasteiger partial charge in [0.05, 0.1) is 12.1 Å². The Morgan fingerprint density at radius 3 is 2.63 bits per heavy atom. The van der Waals surface area contributed by atoms with E-state index in [0.29, 0.717) is 11.1 Å². The van der Waals surface area contributed by atoms with Crippen LogP contribution in [0.3, 0.4) is 0 Å². The smallest absolute Gasteiger partial charge is 0.137 e. The third kappa shape index (κ3) is 4.30. The van der Waals surface area contributed by atoms with Gasteiger partial charge in [-0.25, -0.2) is 0 Å². The second-order valence-electron chi connectivity index (χ2n) is 5.06. The predicted octanol–water partition coefficient (Wildman–Crippen LogP) is 4.11. The molecule has 0 aliphatic heterocycles. The maximum Gasteiger partial charge on any atom is 0.137 e. The largest absolute Gasteiger partial charge is 0.495 e. The number of rotatable bonds is 5. The van der Waals surface area contributed by atoms with Crippen LogP contribution in [0.2, 0.25) is 5.02 Å². The molecule has 1 aliphatic carbocycles. The van der Waals surface area contributed by atoms with Gasteiger partial charge in [0.2, 0.25) is 0 Å². The Labute approximate surface area is 125 Å². The molecule has 0 saturated heterocycles. The zero-order valence-corrected chi connectivity index (χ0v) is 13.2. The Kier molecular flexibility index (Phi) is 5.86. The van der Waals surface area contributed by atoms with Gasteiger partial charge in [0.1, 0.15) is 5.75 Å². The van der Waals surface area contributed by atoms with E-state index >= 15 is 0 Å². The molecule has 1 aromatic rings. The molecule has 0 bridgehead atoms. The molecule has 4 heteroatoms. The van der Waals surface area contributed by atoms with Gasteiger partial charge in [-0.15, -0.1) is 0 Å². The Balaban J connectivity index is 1.81. The lowest BCUT2D eigenvalue weighted by atomic mass is 9.95. The number of nitrogens with one attached hydrogen (secondary N) is 1. The van der Waals surface area contributed by atoms with Gasteiger partial charge in [-0.2, -0.15) is 11.8 Å². The predicted molar refractivity (Wildman–Crippen MR) is 84.4 cm³/mol. The minimum atomic E-state index is 0.657. The maximum atomic E-state index is 6.13. The van der Waals surface area contributed by atoms with Gasteiger partial charge in [0.25, 0.3) is 0 Å². The van der Waals surface area contributed by atoms with Gasteiger partial charge in [-0.05, 0) is 49.6 Å². The molecule has 1 aliphatic rings. The zero-order chi connectivity index (χ0) is 13.7. The van der Waals surface area contributed by atoms with Crippen LogP contribution in [-0.4, -0.2) is 24.7 Å². The summed E-state index contributed by atoms with van der Waals surface area (Å²) in [6.07, 6.45) is 7.47. The highest BCUT2D eigenvalue weighted by molar-refractivity contribution is 7.99. The standard InChI is InChI=1S/C15H22ClNOS/c1-18-15-8-3-11(9-14(15)16)10-17-12-4-6-13(19-2)7-5-12/h3,8-9,12-13,17H,4-7,10H2,1-2H3. The third-order valence-corrected chi connectivity index (χ3v) is 5.25. The molecular formula is C15H22ClNOS. The molecule has 19 heavy (non-hydrogen) atoms. The molecule has 0 heterocycles. The van der Waals surface area contributed by atoms with E-state index in [4.69, 9.17) is 16.3 Å². The monoisotopic (exact) mass is 299 g/mol. The summed E-state index contributed by atoms with van der Waals surface area (Å²) in [4.78, 5) is 0. The molecule has 106 valence electrons. The molecule has 1 fully saturated rings. The average molecular weight is 300 g/mol. The number of hydrogen-bond donors (Lipinski definition) is 1. The summed E-state index contributed by atoms with van der Waals surface area (Å²) in [6.45, 7) is 0.887. The Hall–Kier alpha value is -0.380. The van der Waals surface area contributed by atoms with E-state index in [1.807, 2.05) is 23.9 Å². The van der Waals surface area contributed by atoms with Crippen LogP contribution in [0.1, 0.15) is 31.2 Å². The number of ether oxygens (including phenoxy) is 1. The fourth-order valence-electron chi connectivity index (χ4n) is 2.58. The Morgan fingerprint density at radius 2 is 2.05 bits per heavy atom. The lowest BCUT2D eigenvalue weighted by molar-refractivity contribution is 0.378. The Bertz CT molecular complexity index is 405. The van der Waals surface area contributed by atoms with Crippen LogP contribution in [0.15, 0.2) is 18.2 Å². The van der Waals surface area contributed by atoms with Crippen molar-refractivity contribution in [3.8, 4) is 5.75 Å². The highest BCUT2D eigenvalue weighted by Crippen LogP contribution is 2.28. The number of thioether (sulfide) groups is 1. The maximum absolute atomic E-state index is 6.13. The molecule has 1 aromatic carbocycles. The quantitative estimate of drug-likeness (QED) is 0.884. The number of halogens is 1. The third-order valence-electron chi connectivity index (χ3n) is 3.82. The number of hydrogen-bond acceptors (Lipinski definition) is 3. The van der Waals surface area contributed by atoms with E-state index in [2.05, 4.69) is 17.6 Å². The van der Waals surface area contributed by atoms with E-state index in [-0.39, 0.29) is 0 Å². The zero-order valence-electron chi connectivity index (χ0n) is 11.6. The van der Waals surface area contributed by atoms with Gasteiger partial charge in [0.15, 0.2) is 0 Å². The molecule has 1 N–H and O–H groups in total. The van der Waals surface area contributed by atoms with Crippen LogP contribution in [0, 0.1) is 0 Å². The molecule has 0 unspecified atom stereocenters. The molecule has 0 radical (unpaired) electrons. The van der Waals surface area contributed by atoms with Crippen LogP contribution in [0.25, 0.3) is 0 Å². The van der Waals surface area contributed by atoms with Crippen LogP contribution in [0.5, 0.6) is 5.75 Å². The van der Waals surface area contributed by atoms with Crippen molar-refractivity contribution < 1.29 is 4.74 Å². The molecule has 2 rings (SSSR count). The average Bonchev–Trinajstić information content (AvgIpc) is 2.46. The van der Waals surface area contributed by atoms with Crippen molar-refractivity contribution in [3.05, 3.63) is 28.8 Å². The Morgan fingerprint density at radius 1 is 1.32 bits per heavy atom. The van der Waals surface area contributed by atoms with E-state index in [1.54, 1.807) is 7.11 Å². The van der Waals surface area contributed by atoms with E-state index in [1.165, 1.54) is 31.2 Å². The molecule has 0 amide bonds. The first-order chi connectivity index (χ1) is 9.22. The lowest BCUT2D eigenvalue weighted by Crippen LogP contribution is -2.33. The van der Waals surface area contributed by atoms with Gasteiger partial charge >= 0.3 is 0 Å². The van der Waals surface area contributed by atoms with Gasteiger partial charge in [-0.1, -0.05) is 17.7 Å². The van der Waals surface area contributed by atoms with E-state index in [9.17, 15) is 0 Å². The topological polar surface area (TPSA) is 21.3 Å². The lowest BCUT2D eigenvalue weighted by Gasteiger charge is -2.28. The SMILES string of the molecule is COc1ccc(CNC2CCC(SC)CC2)cc1Cl. The summed E-state index contributed by atoms with van der Waals surface area (Å²) >= 11 is 8.14. The molecule has 0 aromatic heterocycles. The van der Waals surface area contributed by atoms with E-state index < -0.39 is 0 Å².